The molecule has 0 aliphatic rings. The molecule has 1 aromatic carbocycles. The summed E-state index contributed by atoms with van der Waals surface area (Å²) < 4.78 is 41.7. The maximum atomic E-state index is 13.5. The molecule has 0 saturated heterocycles. The molecule has 5 rings (SSSR count). The number of pyridine rings is 1. The fraction of sp³-hybridized carbons (Fsp3) is 0.130. The second-order valence-electron chi connectivity index (χ2n) is 7.98. The van der Waals surface area contributed by atoms with Crippen LogP contribution in [0, 0.1) is 0 Å². The minimum atomic E-state index is -4.60. The summed E-state index contributed by atoms with van der Waals surface area (Å²) in [4.78, 5) is 37.8. The summed E-state index contributed by atoms with van der Waals surface area (Å²) in [7, 11) is 1.39. The molecule has 1 N–H and O–H groups in total. The number of hydrogen-bond donors (Lipinski definition) is 1. The summed E-state index contributed by atoms with van der Waals surface area (Å²) in [6.07, 6.45) is -1.04. The number of fused-ring (bicyclic) bond motifs is 1. The van der Waals surface area contributed by atoms with Gasteiger partial charge in [-0.1, -0.05) is 29.8 Å². The first-order valence-electron chi connectivity index (χ1n) is 10.6. The van der Waals surface area contributed by atoms with Crippen molar-refractivity contribution in [2.45, 2.75) is 12.7 Å². The van der Waals surface area contributed by atoms with Crippen molar-refractivity contribution in [1.29, 1.82) is 0 Å². The van der Waals surface area contributed by atoms with Crippen molar-refractivity contribution in [3.8, 4) is 28.3 Å². The Hall–Kier alpha value is -4.52. The Kier molecular flexibility index (Phi) is 5.79. The van der Waals surface area contributed by atoms with E-state index in [1.807, 2.05) is 0 Å². The summed E-state index contributed by atoms with van der Waals surface area (Å²) in [5, 5.41) is 14.4. The van der Waals surface area contributed by atoms with Crippen molar-refractivity contribution in [1.82, 2.24) is 33.9 Å². The Morgan fingerprint density at radius 1 is 0.919 bits per heavy atom. The van der Waals surface area contributed by atoms with Crippen molar-refractivity contribution in [2.75, 3.05) is 0 Å². The summed E-state index contributed by atoms with van der Waals surface area (Å²) >= 11 is 6.02. The standard InChI is InChI=1S/C23H15ClF3N7O3/c1-32-20(35)18(13-3-5-15(24)6-4-13)17(14-9-29-21(36)30-10-14)19-31-33(22(37)34(19)32)11-12-2-7-16(28-8-12)23(25,26)27/h2-10H,11H2,1H3,(H,29,30,36). The summed E-state index contributed by atoms with van der Waals surface area (Å²) in [5.41, 5.74) is -0.816. The summed E-state index contributed by atoms with van der Waals surface area (Å²) in [6, 6.07) is 7.96. The van der Waals surface area contributed by atoms with Gasteiger partial charge in [0.25, 0.3) is 5.56 Å². The maximum Gasteiger partial charge on any atom is 0.433 e. The number of nitrogens with zero attached hydrogens (tertiary/aromatic N) is 7. The molecule has 4 heterocycles. The Morgan fingerprint density at radius 3 is 2.19 bits per heavy atom. The molecular formula is C23H15ClF3N7O3. The van der Waals surface area contributed by atoms with E-state index in [-0.39, 0.29) is 28.9 Å². The van der Waals surface area contributed by atoms with Crippen LogP contribution in [0.1, 0.15) is 11.3 Å². The Balaban J connectivity index is 1.75. The molecule has 0 saturated carbocycles. The number of aromatic hydroxyl groups is 1. The first-order chi connectivity index (χ1) is 17.5. The van der Waals surface area contributed by atoms with Gasteiger partial charge in [0.05, 0.1) is 12.1 Å². The number of benzene rings is 1. The lowest BCUT2D eigenvalue weighted by Crippen LogP contribution is -2.33. The highest BCUT2D eigenvalue weighted by Gasteiger charge is 2.32. The van der Waals surface area contributed by atoms with E-state index in [4.69, 9.17) is 11.6 Å². The Labute approximate surface area is 209 Å². The van der Waals surface area contributed by atoms with Gasteiger partial charge < -0.3 is 5.11 Å². The van der Waals surface area contributed by atoms with E-state index >= 15 is 0 Å². The van der Waals surface area contributed by atoms with Gasteiger partial charge in [-0.25, -0.2) is 24.1 Å². The van der Waals surface area contributed by atoms with E-state index in [2.05, 4.69) is 20.1 Å². The van der Waals surface area contributed by atoms with Crippen LogP contribution in [0.4, 0.5) is 13.2 Å². The summed E-state index contributed by atoms with van der Waals surface area (Å²) in [6.45, 7) is -0.207. The monoisotopic (exact) mass is 529 g/mol. The van der Waals surface area contributed by atoms with Gasteiger partial charge in [-0.15, -0.1) is 5.10 Å². The number of aryl methyl sites for hydroxylation is 1. The lowest BCUT2D eigenvalue weighted by atomic mass is 9.98. The van der Waals surface area contributed by atoms with Gasteiger partial charge in [0, 0.05) is 41.8 Å². The van der Waals surface area contributed by atoms with Crippen LogP contribution in [-0.4, -0.2) is 39.0 Å². The van der Waals surface area contributed by atoms with Crippen molar-refractivity contribution in [3.63, 3.8) is 0 Å². The number of hydrogen-bond acceptors (Lipinski definition) is 7. The molecule has 0 spiro atoms. The largest absolute Gasteiger partial charge is 0.479 e. The average molecular weight is 530 g/mol. The van der Waals surface area contributed by atoms with Gasteiger partial charge in [-0.3, -0.25) is 9.78 Å². The van der Waals surface area contributed by atoms with Gasteiger partial charge in [0.1, 0.15) is 5.69 Å². The molecule has 37 heavy (non-hydrogen) atoms. The molecule has 0 aliphatic heterocycles. The number of halogens is 4. The van der Waals surface area contributed by atoms with Gasteiger partial charge in [0.2, 0.25) is 0 Å². The molecule has 0 fully saturated rings. The molecule has 14 heteroatoms. The highest BCUT2D eigenvalue weighted by Crippen LogP contribution is 2.32. The van der Waals surface area contributed by atoms with Crippen molar-refractivity contribution >= 4 is 17.2 Å². The van der Waals surface area contributed by atoms with E-state index in [9.17, 15) is 27.9 Å². The van der Waals surface area contributed by atoms with Gasteiger partial charge >= 0.3 is 17.9 Å². The van der Waals surface area contributed by atoms with Gasteiger partial charge in [-0.2, -0.15) is 17.7 Å². The highest BCUT2D eigenvalue weighted by molar-refractivity contribution is 6.30. The zero-order valence-corrected chi connectivity index (χ0v) is 19.6. The lowest BCUT2D eigenvalue weighted by molar-refractivity contribution is -0.141. The second-order valence-corrected chi connectivity index (χ2v) is 8.42. The van der Waals surface area contributed by atoms with Crippen LogP contribution < -0.4 is 11.2 Å². The Bertz CT molecular complexity index is 1740. The van der Waals surface area contributed by atoms with E-state index < -0.39 is 29.1 Å². The topological polar surface area (TPSA) is 120 Å². The van der Waals surface area contributed by atoms with Crippen LogP contribution in [0.2, 0.25) is 5.02 Å². The molecule has 0 aliphatic carbocycles. The molecule has 0 atom stereocenters. The first kappa shape index (κ1) is 24.2. The minimum absolute atomic E-state index is 0.0613. The molecular weight excluding hydrogens is 515 g/mol. The smallest absolute Gasteiger partial charge is 0.433 e. The van der Waals surface area contributed by atoms with Gasteiger partial charge in [-0.05, 0) is 29.3 Å². The van der Waals surface area contributed by atoms with E-state index in [0.29, 0.717) is 16.1 Å². The second kappa shape index (κ2) is 8.85. The number of alkyl halides is 3. The zero-order valence-electron chi connectivity index (χ0n) is 18.8. The SMILES string of the molecule is Cn1c(=O)c(-c2ccc(Cl)cc2)c(-c2cnc(O)nc2)c2nn(Cc3ccc(C(F)(F)F)nc3)c(=O)n21. The third-order valence-corrected chi connectivity index (χ3v) is 5.86. The number of aromatic nitrogens is 7. The quantitative estimate of drug-likeness (QED) is 0.380. The van der Waals surface area contributed by atoms with Crippen LogP contribution in [-0.2, 0) is 19.8 Å². The molecule has 188 valence electrons. The van der Waals surface area contributed by atoms with Crippen LogP contribution >= 0.6 is 11.6 Å². The average Bonchev–Trinajstić information content (AvgIpc) is 3.18. The Morgan fingerprint density at radius 2 is 1.59 bits per heavy atom. The van der Waals surface area contributed by atoms with E-state index in [0.717, 1.165) is 26.1 Å². The molecule has 0 unspecified atom stereocenters. The first-order valence-corrected chi connectivity index (χ1v) is 10.9. The molecule has 5 aromatic rings. The fourth-order valence-corrected chi connectivity index (χ4v) is 3.99. The fourth-order valence-electron chi connectivity index (χ4n) is 3.87. The lowest BCUT2D eigenvalue weighted by Gasteiger charge is -2.13. The highest BCUT2D eigenvalue weighted by atomic mass is 35.5. The molecule has 4 aromatic heterocycles. The zero-order chi connectivity index (χ0) is 26.5. The van der Waals surface area contributed by atoms with Crippen molar-refractivity contribution in [3.05, 3.63) is 92.1 Å². The van der Waals surface area contributed by atoms with E-state index in [1.165, 1.54) is 25.5 Å². The summed E-state index contributed by atoms with van der Waals surface area (Å²) in [5.74, 6) is 0. The normalized spacial score (nSPS) is 11.8. The maximum absolute atomic E-state index is 13.5. The van der Waals surface area contributed by atoms with Gasteiger partial charge in [0.15, 0.2) is 5.65 Å². The minimum Gasteiger partial charge on any atom is -0.479 e. The predicted molar refractivity (Wildman–Crippen MR) is 126 cm³/mol. The van der Waals surface area contributed by atoms with Crippen LogP contribution in [0.25, 0.3) is 27.9 Å². The molecule has 0 radical (unpaired) electrons. The van der Waals surface area contributed by atoms with Crippen LogP contribution in [0.5, 0.6) is 6.01 Å². The molecule has 0 amide bonds. The number of rotatable bonds is 4. The predicted octanol–water partition coefficient (Wildman–Crippen LogP) is 3.14. The third-order valence-electron chi connectivity index (χ3n) is 5.61. The van der Waals surface area contributed by atoms with Crippen LogP contribution in [0.3, 0.4) is 0 Å². The van der Waals surface area contributed by atoms with E-state index in [1.54, 1.807) is 24.3 Å². The molecule has 10 nitrogen and oxygen atoms in total. The molecule has 0 bridgehead atoms. The van der Waals surface area contributed by atoms with Crippen molar-refractivity contribution < 1.29 is 18.3 Å². The van der Waals surface area contributed by atoms with Crippen LogP contribution in [0.15, 0.2) is 64.6 Å². The third kappa shape index (κ3) is 4.33. The van der Waals surface area contributed by atoms with Crippen molar-refractivity contribution in [2.24, 2.45) is 7.05 Å².